The van der Waals surface area contributed by atoms with Gasteiger partial charge in [0.25, 0.3) is 5.91 Å². The van der Waals surface area contributed by atoms with Crippen LogP contribution in [0.1, 0.15) is 15.9 Å². The number of carbonyl (C=O) groups is 2. The first kappa shape index (κ1) is 14.4. The second-order valence-corrected chi connectivity index (χ2v) is 4.10. The van der Waals surface area contributed by atoms with E-state index in [0.29, 0.717) is 11.3 Å². The fraction of sp³-hybridized carbons (Fsp3) is 0. The maximum absolute atomic E-state index is 13.7. The van der Waals surface area contributed by atoms with Gasteiger partial charge in [-0.05, 0) is 35.9 Å². The number of pyridine rings is 1. The Morgan fingerprint density at radius 2 is 1.90 bits per heavy atom. The maximum Gasteiger partial charge on any atom is 0.328 e. The van der Waals surface area contributed by atoms with Crippen molar-refractivity contribution < 1.29 is 19.1 Å². The highest BCUT2D eigenvalue weighted by atomic mass is 19.1. The molecule has 106 valence electrons. The number of nitrogens with zero attached hydrogens (tertiary/aromatic N) is 1. The number of nitrogens with one attached hydrogen (secondary N) is 1. The molecule has 0 aliphatic carbocycles. The van der Waals surface area contributed by atoms with E-state index in [1.54, 1.807) is 12.1 Å². The van der Waals surface area contributed by atoms with Crippen LogP contribution in [0.2, 0.25) is 0 Å². The number of hydrogen-bond donors (Lipinski definition) is 2. The van der Waals surface area contributed by atoms with Gasteiger partial charge in [0.1, 0.15) is 5.82 Å². The number of carboxylic acids is 1. The van der Waals surface area contributed by atoms with E-state index < -0.39 is 17.7 Å². The second-order valence-electron chi connectivity index (χ2n) is 4.10. The van der Waals surface area contributed by atoms with Crippen molar-refractivity contribution >= 4 is 23.6 Å². The Morgan fingerprint density at radius 3 is 2.57 bits per heavy atom. The third-order valence-corrected chi connectivity index (χ3v) is 2.59. The molecule has 2 rings (SSSR count). The Hall–Kier alpha value is -3.02. The predicted octanol–water partition coefficient (Wildman–Crippen LogP) is 2.57. The highest BCUT2D eigenvalue weighted by Gasteiger charge is 2.12. The first-order chi connectivity index (χ1) is 10.1. The number of aromatic nitrogens is 1. The molecule has 0 spiro atoms. The number of aliphatic carboxylic acids is 1. The van der Waals surface area contributed by atoms with E-state index in [0.717, 1.165) is 12.1 Å². The topological polar surface area (TPSA) is 79.3 Å². The lowest BCUT2D eigenvalue weighted by Gasteiger charge is -2.06. The van der Waals surface area contributed by atoms with E-state index in [4.69, 9.17) is 5.11 Å². The minimum absolute atomic E-state index is 0.167. The molecule has 0 unspecified atom stereocenters. The number of benzene rings is 1. The Labute approximate surface area is 119 Å². The molecule has 0 fully saturated rings. The van der Waals surface area contributed by atoms with Gasteiger partial charge in [-0.2, -0.15) is 0 Å². The summed E-state index contributed by atoms with van der Waals surface area (Å²) in [7, 11) is 0. The highest BCUT2D eigenvalue weighted by Crippen LogP contribution is 2.14. The van der Waals surface area contributed by atoms with Crippen LogP contribution in [0, 0.1) is 5.82 Å². The summed E-state index contributed by atoms with van der Waals surface area (Å²) in [5.41, 5.74) is 0.735. The van der Waals surface area contributed by atoms with Crippen LogP contribution in [-0.2, 0) is 4.79 Å². The van der Waals surface area contributed by atoms with Crippen LogP contribution in [0.4, 0.5) is 10.1 Å². The summed E-state index contributed by atoms with van der Waals surface area (Å²) >= 11 is 0. The summed E-state index contributed by atoms with van der Waals surface area (Å²) < 4.78 is 13.7. The number of rotatable bonds is 4. The van der Waals surface area contributed by atoms with Gasteiger partial charge in [0.05, 0.1) is 5.56 Å². The van der Waals surface area contributed by atoms with Crippen LogP contribution in [0.25, 0.3) is 6.08 Å². The molecule has 1 aromatic heterocycles. The lowest BCUT2D eigenvalue weighted by Crippen LogP contribution is -2.14. The van der Waals surface area contributed by atoms with Crippen LogP contribution in [0.3, 0.4) is 0 Å². The zero-order chi connectivity index (χ0) is 15.2. The molecule has 0 saturated carbocycles. The average Bonchev–Trinajstić information content (AvgIpc) is 2.47. The molecular formula is C15H11FN2O3. The van der Waals surface area contributed by atoms with Crippen LogP contribution >= 0.6 is 0 Å². The second kappa shape index (κ2) is 6.42. The van der Waals surface area contributed by atoms with Crippen molar-refractivity contribution in [3.05, 3.63) is 65.7 Å². The van der Waals surface area contributed by atoms with E-state index in [1.165, 1.54) is 30.6 Å². The molecular weight excluding hydrogens is 275 g/mol. The number of anilines is 1. The lowest BCUT2D eigenvalue weighted by molar-refractivity contribution is -0.131. The zero-order valence-electron chi connectivity index (χ0n) is 10.8. The van der Waals surface area contributed by atoms with Gasteiger partial charge in [0.15, 0.2) is 0 Å². The van der Waals surface area contributed by atoms with E-state index in [2.05, 4.69) is 10.3 Å². The lowest BCUT2D eigenvalue weighted by atomic mass is 10.1. The van der Waals surface area contributed by atoms with Crippen molar-refractivity contribution in [1.29, 1.82) is 0 Å². The molecule has 5 nitrogen and oxygen atoms in total. The van der Waals surface area contributed by atoms with Crippen LogP contribution in [-0.4, -0.2) is 22.0 Å². The van der Waals surface area contributed by atoms with Crippen molar-refractivity contribution in [1.82, 2.24) is 4.98 Å². The number of amides is 1. The largest absolute Gasteiger partial charge is 0.478 e. The normalized spacial score (nSPS) is 10.5. The molecule has 2 aromatic rings. The molecule has 0 radical (unpaired) electrons. The van der Waals surface area contributed by atoms with E-state index >= 15 is 0 Å². The summed E-state index contributed by atoms with van der Waals surface area (Å²) in [6, 6.07) is 6.93. The zero-order valence-corrected chi connectivity index (χ0v) is 10.8. The molecule has 1 heterocycles. The van der Waals surface area contributed by atoms with Crippen molar-refractivity contribution in [2.45, 2.75) is 0 Å². The molecule has 0 aliphatic heterocycles. The quantitative estimate of drug-likeness (QED) is 0.847. The first-order valence-corrected chi connectivity index (χ1v) is 5.98. The van der Waals surface area contributed by atoms with Crippen LogP contribution in [0.15, 0.2) is 48.8 Å². The average molecular weight is 286 g/mol. The monoisotopic (exact) mass is 286 g/mol. The minimum Gasteiger partial charge on any atom is -0.478 e. The van der Waals surface area contributed by atoms with Gasteiger partial charge in [0, 0.05) is 24.2 Å². The summed E-state index contributed by atoms with van der Waals surface area (Å²) in [5, 5.41) is 11.1. The van der Waals surface area contributed by atoms with Gasteiger partial charge in [-0.1, -0.05) is 6.07 Å². The van der Waals surface area contributed by atoms with Crippen molar-refractivity contribution in [2.75, 3.05) is 5.32 Å². The van der Waals surface area contributed by atoms with Crippen LogP contribution in [0.5, 0.6) is 0 Å². The Balaban J connectivity index is 2.24. The third kappa shape index (κ3) is 3.97. The van der Waals surface area contributed by atoms with Gasteiger partial charge < -0.3 is 10.4 Å². The molecule has 21 heavy (non-hydrogen) atoms. The highest BCUT2D eigenvalue weighted by molar-refractivity contribution is 6.04. The SMILES string of the molecule is O=C(O)C=Cc1ccc(F)c(C(=O)Nc2ccncc2)c1. The minimum atomic E-state index is -1.12. The number of carboxylic acid groups (broad SMARTS) is 1. The predicted molar refractivity (Wildman–Crippen MR) is 75.3 cm³/mol. The van der Waals surface area contributed by atoms with Gasteiger partial charge in [0.2, 0.25) is 0 Å². The molecule has 1 amide bonds. The van der Waals surface area contributed by atoms with E-state index in [1.807, 2.05) is 0 Å². The number of hydrogen-bond acceptors (Lipinski definition) is 3. The third-order valence-electron chi connectivity index (χ3n) is 2.59. The van der Waals surface area contributed by atoms with Gasteiger partial charge >= 0.3 is 5.97 Å². The molecule has 0 atom stereocenters. The number of halogens is 1. The molecule has 0 bridgehead atoms. The smallest absolute Gasteiger partial charge is 0.328 e. The fourth-order valence-electron chi connectivity index (χ4n) is 1.62. The van der Waals surface area contributed by atoms with Crippen molar-refractivity contribution in [3.8, 4) is 0 Å². The first-order valence-electron chi connectivity index (χ1n) is 5.98. The molecule has 0 aliphatic rings. The van der Waals surface area contributed by atoms with Crippen LogP contribution < -0.4 is 5.32 Å². The van der Waals surface area contributed by atoms with Gasteiger partial charge in [-0.15, -0.1) is 0 Å². The Bertz CT molecular complexity index is 699. The van der Waals surface area contributed by atoms with E-state index in [9.17, 15) is 14.0 Å². The Morgan fingerprint density at radius 1 is 1.19 bits per heavy atom. The molecule has 6 heteroatoms. The standard InChI is InChI=1S/C15H11FN2O3/c16-13-3-1-10(2-4-14(19)20)9-12(13)15(21)18-11-5-7-17-8-6-11/h1-9H,(H,19,20)(H,17,18,21). The summed E-state index contributed by atoms with van der Waals surface area (Å²) in [5.74, 6) is -2.43. The maximum atomic E-state index is 13.7. The molecule has 1 aromatic carbocycles. The van der Waals surface area contributed by atoms with Gasteiger partial charge in [-0.3, -0.25) is 9.78 Å². The summed E-state index contributed by atoms with van der Waals surface area (Å²) in [6.45, 7) is 0. The summed E-state index contributed by atoms with van der Waals surface area (Å²) in [4.78, 5) is 26.3. The summed E-state index contributed by atoms with van der Waals surface area (Å²) in [6.07, 6.45) is 5.19. The van der Waals surface area contributed by atoms with E-state index in [-0.39, 0.29) is 5.56 Å². The molecule has 2 N–H and O–H groups in total. The van der Waals surface area contributed by atoms with Crippen molar-refractivity contribution in [3.63, 3.8) is 0 Å². The van der Waals surface area contributed by atoms with Gasteiger partial charge in [-0.25, -0.2) is 9.18 Å². The Kier molecular flexibility index (Phi) is 4.40. The fourth-order valence-corrected chi connectivity index (χ4v) is 1.62. The molecule has 0 saturated heterocycles. The number of carbonyl (C=O) groups excluding carboxylic acids is 1. The van der Waals surface area contributed by atoms with Crippen molar-refractivity contribution in [2.24, 2.45) is 0 Å².